The molecule has 2 rings (SSSR count). The Hall–Kier alpha value is -2.01. The van der Waals surface area contributed by atoms with Crippen molar-refractivity contribution in [3.63, 3.8) is 0 Å². The number of methoxy groups -OCH3 is 2. The normalized spacial score (nSPS) is 10.5. The molecule has 1 heterocycles. The van der Waals surface area contributed by atoms with Crippen molar-refractivity contribution in [2.45, 2.75) is 6.61 Å². The topological polar surface area (TPSA) is 70.5 Å². The summed E-state index contributed by atoms with van der Waals surface area (Å²) in [7, 11) is 3.26. The number of ether oxygens (including phenoxy) is 2. The van der Waals surface area contributed by atoms with Crippen molar-refractivity contribution in [1.82, 2.24) is 5.16 Å². The van der Waals surface area contributed by atoms with Crippen LogP contribution in [0.25, 0.3) is 11.3 Å². The lowest BCUT2D eigenvalue weighted by Crippen LogP contribution is -1.94. The lowest BCUT2D eigenvalue weighted by Gasteiger charge is -2.08. The Labute approximate surface area is 99.1 Å². The fraction of sp³-hybridized carbons (Fsp3) is 0.250. The van der Waals surface area contributed by atoms with Gasteiger partial charge in [0.05, 0.1) is 13.7 Å². The third kappa shape index (κ3) is 2.39. The molecule has 2 aromatic rings. The van der Waals surface area contributed by atoms with E-state index in [0.717, 1.165) is 16.9 Å². The van der Waals surface area contributed by atoms with Crippen LogP contribution in [0, 0.1) is 0 Å². The van der Waals surface area contributed by atoms with E-state index in [1.165, 1.54) is 0 Å². The zero-order valence-electron chi connectivity index (χ0n) is 9.77. The van der Waals surface area contributed by atoms with Crippen LogP contribution >= 0.6 is 0 Å². The first-order valence-corrected chi connectivity index (χ1v) is 5.13. The number of hydrogen-bond acceptors (Lipinski definition) is 5. The van der Waals surface area contributed by atoms with Gasteiger partial charge in [0.2, 0.25) is 5.88 Å². The lowest BCUT2D eigenvalue weighted by atomic mass is 10.0. The Balaban J connectivity index is 2.45. The molecule has 1 aromatic heterocycles. The van der Waals surface area contributed by atoms with Crippen LogP contribution in [0.4, 0.5) is 5.88 Å². The molecule has 0 aliphatic heterocycles. The molecule has 2 N–H and O–H groups in total. The summed E-state index contributed by atoms with van der Waals surface area (Å²) in [6.07, 6.45) is 0. The van der Waals surface area contributed by atoms with E-state index in [1.54, 1.807) is 20.3 Å². The minimum absolute atomic E-state index is 0.291. The summed E-state index contributed by atoms with van der Waals surface area (Å²) in [4.78, 5) is 0. The van der Waals surface area contributed by atoms with Gasteiger partial charge in [-0.1, -0.05) is 5.16 Å². The molecule has 1 aromatic carbocycles. The zero-order chi connectivity index (χ0) is 12.3. The van der Waals surface area contributed by atoms with E-state index >= 15 is 0 Å². The molecule has 17 heavy (non-hydrogen) atoms. The summed E-state index contributed by atoms with van der Waals surface area (Å²) >= 11 is 0. The molecule has 90 valence electrons. The third-order valence-electron chi connectivity index (χ3n) is 2.42. The second-order valence-electron chi connectivity index (χ2n) is 3.57. The predicted octanol–water partition coefficient (Wildman–Crippen LogP) is 2.08. The summed E-state index contributed by atoms with van der Waals surface area (Å²) in [5.74, 6) is 1.07. The second kappa shape index (κ2) is 4.88. The average molecular weight is 234 g/mol. The van der Waals surface area contributed by atoms with E-state index in [1.807, 2.05) is 18.2 Å². The number of rotatable bonds is 4. The third-order valence-corrected chi connectivity index (χ3v) is 2.42. The summed E-state index contributed by atoms with van der Waals surface area (Å²) in [5.41, 5.74) is 8.10. The minimum Gasteiger partial charge on any atom is -0.497 e. The molecule has 0 aliphatic rings. The molecule has 0 spiro atoms. The predicted molar refractivity (Wildman–Crippen MR) is 63.6 cm³/mol. The monoisotopic (exact) mass is 234 g/mol. The quantitative estimate of drug-likeness (QED) is 0.876. The highest BCUT2D eigenvalue weighted by molar-refractivity contribution is 5.66. The number of anilines is 1. The number of aromatic nitrogens is 1. The van der Waals surface area contributed by atoms with E-state index in [0.29, 0.717) is 18.2 Å². The van der Waals surface area contributed by atoms with Crippen molar-refractivity contribution < 1.29 is 14.0 Å². The van der Waals surface area contributed by atoms with Crippen LogP contribution in [0.2, 0.25) is 0 Å². The number of benzene rings is 1. The SMILES string of the molecule is COCc1cc(OC)ccc1-c1cc(N)on1. The molecule has 0 aliphatic carbocycles. The molecular weight excluding hydrogens is 220 g/mol. The van der Waals surface area contributed by atoms with Gasteiger partial charge in [0.25, 0.3) is 0 Å². The molecule has 5 heteroatoms. The van der Waals surface area contributed by atoms with Crippen molar-refractivity contribution in [1.29, 1.82) is 0 Å². The number of nitrogens with two attached hydrogens (primary N) is 1. The van der Waals surface area contributed by atoms with Gasteiger partial charge in [0.15, 0.2) is 0 Å². The van der Waals surface area contributed by atoms with Gasteiger partial charge in [-0.25, -0.2) is 0 Å². The Morgan fingerprint density at radius 2 is 2.12 bits per heavy atom. The second-order valence-corrected chi connectivity index (χ2v) is 3.57. The first-order chi connectivity index (χ1) is 8.24. The maximum atomic E-state index is 5.51. The van der Waals surface area contributed by atoms with Gasteiger partial charge in [-0.3, -0.25) is 0 Å². The Morgan fingerprint density at radius 1 is 1.29 bits per heavy atom. The fourth-order valence-electron chi connectivity index (χ4n) is 1.64. The first-order valence-electron chi connectivity index (χ1n) is 5.13. The van der Waals surface area contributed by atoms with Crippen molar-refractivity contribution >= 4 is 5.88 Å². The van der Waals surface area contributed by atoms with Crippen LogP contribution in [0.3, 0.4) is 0 Å². The molecule has 5 nitrogen and oxygen atoms in total. The average Bonchev–Trinajstić information content (AvgIpc) is 2.76. The van der Waals surface area contributed by atoms with E-state index in [-0.39, 0.29) is 0 Å². The van der Waals surface area contributed by atoms with Crippen LogP contribution in [-0.2, 0) is 11.3 Å². The molecule has 0 fully saturated rings. The van der Waals surface area contributed by atoms with Gasteiger partial charge in [-0.05, 0) is 23.8 Å². The minimum atomic E-state index is 0.291. The van der Waals surface area contributed by atoms with Crippen LogP contribution in [0.1, 0.15) is 5.56 Å². The van der Waals surface area contributed by atoms with Crippen molar-refractivity contribution in [2.75, 3.05) is 20.0 Å². The summed E-state index contributed by atoms with van der Waals surface area (Å²) in [6, 6.07) is 7.36. The van der Waals surface area contributed by atoms with E-state index < -0.39 is 0 Å². The van der Waals surface area contributed by atoms with Gasteiger partial charge in [-0.2, -0.15) is 0 Å². The van der Waals surface area contributed by atoms with Gasteiger partial charge in [0, 0.05) is 18.7 Å². The number of nitrogen functional groups attached to an aromatic ring is 1. The maximum absolute atomic E-state index is 5.51. The Morgan fingerprint density at radius 3 is 2.71 bits per heavy atom. The molecule has 0 saturated heterocycles. The largest absolute Gasteiger partial charge is 0.497 e. The molecule has 0 unspecified atom stereocenters. The van der Waals surface area contributed by atoms with Gasteiger partial charge >= 0.3 is 0 Å². The van der Waals surface area contributed by atoms with E-state index in [4.69, 9.17) is 19.7 Å². The van der Waals surface area contributed by atoms with Crippen molar-refractivity contribution in [3.8, 4) is 17.0 Å². The highest BCUT2D eigenvalue weighted by Crippen LogP contribution is 2.28. The number of hydrogen-bond donors (Lipinski definition) is 1. The Bertz CT molecular complexity index is 508. The smallest absolute Gasteiger partial charge is 0.222 e. The van der Waals surface area contributed by atoms with Gasteiger partial charge in [0.1, 0.15) is 11.4 Å². The Kier molecular flexibility index (Phi) is 3.30. The fourth-order valence-corrected chi connectivity index (χ4v) is 1.64. The van der Waals surface area contributed by atoms with Crippen LogP contribution in [0.15, 0.2) is 28.8 Å². The van der Waals surface area contributed by atoms with Crippen molar-refractivity contribution in [2.24, 2.45) is 0 Å². The molecule has 0 saturated carbocycles. The molecule has 0 atom stereocenters. The lowest BCUT2D eigenvalue weighted by molar-refractivity contribution is 0.185. The standard InChI is InChI=1S/C12H14N2O3/c1-15-7-8-5-9(16-2)3-4-10(8)11-6-12(13)17-14-11/h3-6H,7,13H2,1-2H3. The maximum Gasteiger partial charge on any atom is 0.222 e. The van der Waals surface area contributed by atoms with Crippen molar-refractivity contribution in [3.05, 3.63) is 29.8 Å². The van der Waals surface area contributed by atoms with Crippen LogP contribution in [0.5, 0.6) is 5.75 Å². The first kappa shape index (κ1) is 11.5. The number of nitrogens with zero attached hydrogens (tertiary/aromatic N) is 1. The van der Waals surface area contributed by atoms with Crippen LogP contribution < -0.4 is 10.5 Å². The van der Waals surface area contributed by atoms with E-state index in [9.17, 15) is 0 Å². The molecule has 0 amide bonds. The van der Waals surface area contributed by atoms with Gasteiger partial charge < -0.3 is 19.7 Å². The zero-order valence-corrected chi connectivity index (χ0v) is 9.77. The highest BCUT2D eigenvalue weighted by atomic mass is 16.5. The molecular formula is C12H14N2O3. The summed E-state index contributed by atoms with van der Waals surface area (Å²) in [5, 5.41) is 3.89. The summed E-state index contributed by atoms with van der Waals surface area (Å²) in [6.45, 7) is 0.472. The van der Waals surface area contributed by atoms with Crippen LogP contribution in [-0.4, -0.2) is 19.4 Å². The molecule has 0 radical (unpaired) electrons. The van der Waals surface area contributed by atoms with Gasteiger partial charge in [-0.15, -0.1) is 0 Å². The summed E-state index contributed by atoms with van der Waals surface area (Å²) < 4.78 is 15.2. The highest BCUT2D eigenvalue weighted by Gasteiger charge is 2.10. The van der Waals surface area contributed by atoms with E-state index in [2.05, 4.69) is 5.16 Å². The molecule has 0 bridgehead atoms.